The minimum atomic E-state index is -0.156. The third kappa shape index (κ3) is 4.19. The number of benzene rings is 1. The van der Waals surface area contributed by atoms with Crippen LogP contribution in [0.1, 0.15) is 30.5 Å². The van der Waals surface area contributed by atoms with E-state index in [2.05, 4.69) is 42.7 Å². The molecule has 0 heterocycles. The maximum Gasteiger partial charge on any atom is 0.236 e. The second-order valence-corrected chi connectivity index (χ2v) is 4.42. The maximum atomic E-state index is 11.5. The molecule has 2 N–H and O–H groups in total. The number of rotatable bonds is 5. The molecule has 0 saturated carbocycles. The van der Waals surface area contributed by atoms with E-state index in [9.17, 15) is 4.79 Å². The van der Waals surface area contributed by atoms with Crippen molar-refractivity contribution < 1.29 is 4.79 Å². The Labute approximate surface area is 104 Å². The molecular weight excluding hydrogens is 212 g/mol. The molecule has 1 aromatic rings. The fourth-order valence-electron chi connectivity index (χ4n) is 1.60. The minimum Gasteiger partial charge on any atom is -0.355 e. The molecule has 0 aliphatic heterocycles. The van der Waals surface area contributed by atoms with Crippen LogP contribution in [0.5, 0.6) is 0 Å². The third-order valence-electron chi connectivity index (χ3n) is 2.93. The van der Waals surface area contributed by atoms with Gasteiger partial charge in [-0.15, -0.1) is 0 Å². The van der Waals surface area contributed by atoms with Crippen LogP contribution in [0.15, 0.2) is 18.2 Å². The average molecular weight is 234 g/mol. The summed E-state index contributed by atoms with van der Waals surface area (Å²) in [5.41, 5.74) is 3.80. The van der Waals surface area contributed by atoms with Crippen LogP contribution in [-0.4, -0.2) is 18.5 Å². The van der Waals surface area contributed by atoms with Gasteiger partial charge in [0, 0.05) is 13.1 Å². The molecule has 0 aliphatic carbocycles. The highest BCUT2D eigenvalue weighted by Gasteiger charge is 2.10. The Morgan fingerprint density at radius 3 is 2.59 bits per heavy atom. The molecule has 3 nitrogen and oxygen atoms in total. The first-order valence-electron chi connectivity index (χ1n) is 6.11. The highest BCUT2D eigenvalue weighted by molar-refractivity contribution is 5.81. The van der Waals surface area contributed by atoms with Crippen molar-refractivity contribution in [1.82, 2.24) is 10.6 Å². The second kappa shape index (κ2) is 6.40. The van der Waals surface area contributed by atoms with Gasteiger partial charge in [0.05, 0.1) is 6.04 Å². The van der Waals surface area contributed by atoms with Crippen molar-refractivity contribution in [1.29, 1.82) is 0 Å². The molecule has 94 valence electrons. The summed E-state index contributed by atoms with van der Waals surface area (Å²) in [6.45, 7) is 9.41. The monoisotopic (exact) mass is 234 g/mol. The predicted octanol–water partition coefficient (Wildman–Crippen LogP) is 1.92. The standard InChI is InChI=1S/C14H22N2O/c1-5-15-14(17)12(4)16-9-13-7-6-10(2)11(3)8-13/h6-8,12,16H,5,9H2,1-4H3,(H,15,17). The molecule has 0 radical (unpaired) electrons. The first-order valence-corrected chi connectivity index (χ1v) is 6.11. The quantitative estimate of drug-likeness (QED) is 0.817. The topological polar surface area (TPSA) is 41.1 Å². The molecule has 0 aromatic heterocycles. The van der Waals surface area contributed by atoms with Gasteiger partial charge in [0.1, 0.15) is 0 Å². The molecule has 0 spiro atoms. The molecule has 1 aromatic carbocycles. The van der Waals surface area contributed by atoms with E-state index in [1.54, 1.807) is 0 Å². The molecule has 1 atom stereocenters. The fraction of sp³-hybridized carbons (Fsp3) is 0.500. The smallest absolute Gasteiger partial charge is 0.236 e. The number of hydrogen-bond donors (Lipinski definition) is 2. The summed E-state index contributed by atoms with van der Waals surface area (Å²) in [5.74, 6) is 0.0522. The number of carbonyl (C=O) groups is 1. The van der Waals surface area contributed by atoms with Crippen molar-refractivity contribution in [3.8, 4) is 0 Å². The Kier molecular flexibility index (Phi) is 5.16. The Balaban J connectivity index is 2.50. The van der Waals surface area contributed by atoms with Crippen LogP contribution < -0.4 is 10.6 Å². The van der Waals surface area contributed by atoms with Crippen LogP contribution >= 0.6 is 0 Å². The summed E-state index contributed by atoms with van der Waals surface area (Å²) in [5, 5.41) is 6.02. The van der Waals surface area contributed by atoms with Gasteiger partial charge in [0.2, 0.25) is 5.91 Å². The van der Waals surface area contributed by atoms with E-state index >= 15 is 0 Å². The number of hydrogen-bond acceptors (Lipinski definition) is 2. The molecule has 1 rings (SSSR count). The van der Waals surface area contributed by atoms with E-state index in [-0.39, 0.29) is 11.9 Å². The Bertz CT molecular complexity index is 388. The van der Waals surface area contributed by atoms with Gasteiger partial charge in [0.25, 0.3) is 0 Å². The van der Waals surface area contributed by atoms with E-state index in [0.29, 0.717) is 6.54 Å². The molecule has 3 heteroatoms. The highest BCUT2D eigenvalue weighted by Crippen LogP contribution is 2.09. The molecule has 0 aliphatic rings. The minimum absolute atomic E-state index is 0.0522. The van der Waals surface area contributed by atoms with Gasteiger partial charge in [-0.25, -0.2) is 0 Å². The zero-order valence-corrected chi connectivity index (χ0v) is 11.1. The van der Waals surface area contributed by atoms with Gasteiger partial charge in [-0.05, 0) is 44.4 Å². The zero-order valence-electron chi connectivity index (χ0n) is 11.1. The first kappa shape index (κ1) is 13.7. The van der Waals surface area contributed by atoms with Gasteiger partial charge in [-0.2, -0.15) is 0 Å². The fourth-order valence-corrected chi connectivity index (χ4v) is 1.60. The van der Waals surface area contributed by atoms with Crippen molar-refractivity contribution in [2.45, 2.75) is 40.3 Å². The maximum absolute atomic E-state index is 11.5. The van der Waals surface area contributed by atoms with E-state index < -0.39 is 0 Å². The van der Waals surface area contributed by atoms with Crippen LogP contribution in [0.3, 0.4) is 0 Å². The molecule has 0 bridgehead atoms. The second-order valence-electron chi connectivity index (χ2n) is 4.42. The van der Waals surface area contributed by atoms with Gasteiger partial charge in [0.15, 0.2) is 0 Å². The largest absolute Gasteiger partial charge is 0.355 e. The number of nitrogens with one attached hydrogen (secondary N) is 2. The summed E-state index contributed by atoms with van der Waals surface area (Å²) < 4.78 is 0. The van der Waals surface area contributed by atoms with Crippen LogP contribution in [-0.2, 0) is 11.3 Å². The number of likely N-dealkylation sites (N-methyl/N-ethyl adjacent to an activating group) is 1. The molecule has 0 fully saturated rings. The normalized spacial score (nSPS) is 12.2. The van der Waals surface area contributed by atoms with Gasteiger partial charge in [-0.3, -0.25) is 4.79 Å². The third-order valence-corrected chi connectivity index (χ3v) is 2.93. The van der Waals surface area contributed by atoms with Crippen molar-refractivity contribution >= 4 is 5.91 Å². The molecule has 1 amide bonds. The van der Waals surface area contributed by atoms with Crippen molar-refractivity contribution in [2.24, 2.45) is 0 Å². The summed E-state index contributed by atoms with van der Waals surface area (Å²) in [6, 6.07) is 6.21. The lowest BCUT2D eigenvalue weighted by molar-refractivity contribution is -0.122. The van der Waals surface area contributed by atoms with Crippen LogP contribution in [0.25, 0.3) is 0 Å². The lowest BCUT2D eigenvalue weighted by Crippen LogP contribution is -2.41. The Hall–Kier alpha value is -1.35. The SMILES string of the molecule is CCNC(=O)C(C)NCc1ccc(C)c(C)c1. The van der Waals surface area contributed by atoms with Gasteiger partial charge < -0.3 is 10.6 Å². The van der Waals surface area contributed by atoms with Gasteiger partial charge >= 0.3 is 0 Å². The lowest BCUT2D eigenvalue weighted by atomic mass is 10.1. The van der Waals surface area contributed by atoms with E-state index in [0.717, 1.165) is 6.54 Å². The van der Waals surface area contributed by atoms with E-state index in [1.807, 2.05) is 13.8 Å². The van der Waals surface area contributed by atoms with Crippen LogP contribution in [0.2, 0.25) is 0 Å². The lowest BCUT2D eigenvalue weighted by Gasteiger charge is -2.13. The predicted molar refractivity (Wildman–Crippen MR) is 70.9 cm³/mol. The van der Waals surface area contributed by atoms with Crippen LogP contribution in [0, 0.1) is 13.8 Å². The number of amides is 1. The van der Waals surface area contributed by atoms with E-state index in [1.165, 1.54) is 16.7 Å². The summed E-state index contributed by atoms with van der Waals surface area (Å²) in [4.78, 5) is 11.5. The van der Waals surface area contributed by atoms with Crippen molar-refractivity contribution in [3.05, 3.63) is 34.9 Å². The summed E-state index contributed by atoms with van der Waals surface area (Å²) >= 11 is 0. The average Bonchev–Trinajstić information content (AvgIpc) is 2.30. The summed E-state index contributed by atoms with van der Waals surface area (Å²) in [6.07, 6.45) is 0. The zero-order chi connectivity index (χ0) is 12.8. The Morgan fingerprint density at radius 1 is 1.29 bits per heavy atom. The molecule has 1 unspecified atom stereocenters. The van der Waals surface area contributed by atoms with Gasteiger partial charge in [-0.1, -0.05) is 18.2 Å². The number of aryl methyl sites for hydroxylation is 2. The van der Waals surface area contributed by atoms with Crippen LogP contribution in [0.4, 0.5) is 0 Å². The Morgan fingerprint density at radius 2 is 2.00 bits per heavy atom. The highest BCUT2D eigenvalue weighted by atomic mass is 16.2. The van der Waals surface area contributed by atoms with Crippen molar-refractivity contribution in [3.63, 3.8) is 0 Å². The molecular formula is C14H22N2O. The number of carbonyl (C=O) groups excluding carboxylic acids is 1. The first-order chi connectivity index (χ1) is 8.04. The van der Waals surface area contributed by atoms with E-state index in [4.69, 9.17) is 0 Å². The molecule has 17 heavy (non-hydrogen) atoms. The molecule has 0 saturated heterocycles. The van der Waals surface area contributed by atoms with Crippen molar-refractivity contribution in [2.75, 3.05) is 6.54 Å². The summed E-state index contributed by atoms with van der Waals surface area (Å²) in [7, 11) is 0.